The highest BCUT2D eigenvalue weighted by molar-refractivity contribution is 7.92. The number of carbonyl (C=O) groups excluding carboxylic acids is 2. The molecule has 0 saturated heterocycles. The van der Waals surface area contributed by atoms with Gasteiger partial charge >= 0.3 is 0 Å². The summed E-state index contributed by atoms with van der Waals surface area (Å²) in [5.74, 6) is -1.35. The van der Waals surface area contributed by atoms with Crippen LogP contribution < -0.4 is 9.62 Å². The molecule has 0 aliphatic carbocycles. The number of amides is 2. The summed E-state index contributed by atoms with van der Waals surface area (Å²) in [5.41, 5.74) is 3.37. The number of para-hydroxylation sites is 1. The summed E-state index contributed by atoms with van der Waals surface area (Å²) in [5, 5.41) is 2.91. The van der Waals surface area contributed by atoms with E-state index in [2.05, 4.69) is 5.32 Å². The first-order valence-corrected chi connectivity index (χ1v) is 16.0. The minimum atomic E-state index is -4.18. The van der Waals surface area contributed by atoms with Crippen LogP contribution in [0.4, 0.5) is 10.1 Å². The Morgan fingerprint density at radius 2 is 1.45 bits per heavy atom. The van der Waals surface area contributed by atoms with Crippen molar-refractivity contribution in [1.29, 1.82) is 0 Å². The van der Waals surface area contributed by atoms with Gasteiger partial charge in [-0.05, 0) is 67.3 Å². The normalized spacial score (nSPS) is 11.9. The summed E-state index contributed by atoms with van der Waals surface area (Å²) in [6.45, 7) is 5.42. The van der Waals surface area contributed by atoms with E-state index in [0.29, 0.717) is 29.8 Å². The third-order valence-electron chi connectivity index (χ3n) is 7.36. The topological polar surface area (TPSA) is 86.8 Å². The third kappa shape index (κ3) is 8.11. The molecule has 4 aromatic carbocycles. The van der Waals surface area contributed by atoms with Crippen molar-refractivity contribution in [2.24, 2.45) is 0 Å². The number of nitrogens with one attached hydrogen (secondary N) is 1. The zero-order valence-corrected chi connectivity index (χ0v) is 26.1. The van der Waals surface area contributed by atoms with Crippen LogP contribution in [0.5, 0.6) is 0 Å². The quantitative estimate of drug-likeness (QED) is 0.206. The van der Waals surface area contributed by atoms with Gasteiger partial charge in [-0.3, -0.25) is 13.9 Å². The SMILES string of the molecule is CCCNC(=O)[C@H](Cc1ccccc1)N(Cc1ccc(F)cc1)C(=O)CN(c1ccccc1C)S(=O)(=O)c1ccc(C)cc1. The minimum absolute atomic E-state index is 0.0254. The Morgan fingerprint density at radius 3 is 2.09 bits per heavy atom. The van der Waals surface area contributed by atoms with Gasteiger partial charge in [0, 0.05) is 19.5 Å². The average Bonchev–Trinajstić information content (AvgIpc) is 3.02. The van der Waals surface area contributed by atoms with Crippen molar-refractivity contribution in [3.05, 3.63) is 131 Å². The van der Waals surface area contributed by atoms with Crippen LogP contribution >= 0.6 is 0 Å². The lowest BCUT2D eigenvalue weighted by molar-refractivity contribution is -0.140. The van der Waals surface area contributed by atoms with Crippen molar-refractivity contribution < 1.29 is 22.4 Å². The van der Waals surface area contributed by atoms with Crippen LogP contribution in [0.15, 0.2) is 108 Å². The van der Waals surface area contributed by atoms with Crippen LogP contribution in [-0.4, -0.2) is 44.3 Å². The van der Waals surface area contributed by atoms with Crippen molar-refractivity contribution in [3.8, 4) is 0 Å². The molecule has 1 N–H and O–H groups in total. The van der Waals surface area contributed by atoms with Crippen LogP contribution in [-0.2, 0) is 32.6 Å². The number of hydrogen-bond acceptors (Lipinski definition) is 4. The number of sulfonamides is 1. The number of aryl methyl sites for hydroxylation is 2. The van der Waals surface area contributed by atoms with Gasteiger partial charge in [-0.15, -0.1) is 0 Å². The summed E-state index contributed by atoms with van der Waals surface area (Å²) in [4.78, 5) is 29.5. The Hall–Kier alpha value is -4.50. The zero-order valence-electron chi connectivity index (χ0n) is 25.2. The van der Waals surface area contributed by atoms with Crippen molar-refractivity contribution >= 4 is 27.5 Å². The van der Waals surface area contributed by atoms with Gasteiger partial charge in [0.2, 0.25) is 11.8 Å². The van der Waals surface area contributed by atoms with Gasteiger partial charge in [0.15, 0.2) is 0 Å². The van der Waals surface area contributed by atoms with E-state index < -0.39 is 34.3 Å². The van der Waals surface area contributed by atoms with E-state index in [-0.39, 0.29) is 23.8 Å². The van der Waals surface area contributed by atoms with Crippen molar-refractivity contribution in [2.45, 2.75) is 51.1 Å². The Balaban J connectivity index is 1.80. The number of hydrogen-bond donors (Lipinski definition) is 1. The number of halogens is 1. The highest BCUT2D eigenvalue weighted by atomic mass is 32.2. The van der Waals surface area contributed by atoms with Gasteiger partial charge in [-0.1, -0.05) is 85.3 Å². The highest BCUT2D eigenvalue weighted by Crippen LogP contribution is 2.28. The Labute approximate surface area is 259 Å². The van der Waals surface area contributed by atoms with Gasteiger partial charge in [0.05, 0.1) is 10.6 Å². The summed E-state index contributed by atoms with van der Waals surface area (Å²) >= 11 is 0. The van der Waals surface area contributed by atoms with E-state index in [9.17, 15) is 22.4 Å². The predicted octanol–water partition coefficient (Wildman–Crippen LogP) is 5.80. The molecule has 4 aromatic rings. The molecule has 230 valence electrons. The maximum atomic E-state index is 14.4. The molecule has 1 atom stereocenters. The first-order chi connectivity index (χ1) is 21.1. The fourth-order valence-corrected chi connectivity index (χ4v) is 6.38. The number of anilines is 1. The molecule has 7 nitrogen and oxygen atoms in total. The second-order valence-electron chi connectivity index (χ2n) is 10.8. The number of rotatable bonds is 13. The predicted molar refractivity (Wildman–Crippen MR) is 171 cm³/mol. The Bertz CT molecular complexity index is 1660. The van der Waals surface area contributed by atoms with Crippen LogP contribution in [0, 0.1) is 19.7 Å². The second-order valence-corrected chi connectivity index (χ2v) is 12.6. The maximum absolute atomic E-state index is 14.4. The first-order valence-electron chi connectivity index (χ1n) is 14.6. The fourth-order valence-electron chi connectivity index (χ4n) is 4.90. The molecule has 9 heteroatoms. The molecule has 0 unspecified atom stereocenters. The van der Waals surface area contributed by atoms with E-state index in [0.717, 1.165) is 15.4 Å². The van der Waals surface area contributed by atoms with E-state index in [1.165, 1.54) is 29.2 Å². The molecule has 0 aromatic heterocycles. The molecule has 0 radical (unpaired) electrons. The molecule has 0 heterocycles. The molecule has 2 amide bonds. The monoisotopic (exact) mass is 615 g/mol. The lowest BCUT2D eigenvalue weighted by Crippen LogP contribution is -2.53. The van der Waals surface area contributed by atoms with Crippen molar-refractivity contribution in [3.63, 3.8) is 0 Å². The van der Waals surface area contributed by atoms with Crippen LogP contribution in [0.2, 0.25) is 0 Å². The molecular weight excluding hydrogens is 577 g/mol. The largest absolute Gasteiger partial charge is 0.354 e. The van der Waals surface area contributed by atoms with Crippen LogP contribution in [0.25, 0.3) is 0 Å². The molecule has 0 saturated carbocycles. The lowest BCUT2D eigenvalue weighted by atomic mass is 10.0. The van der Waals surface area contributed by atoms with Gasteiger partial charge in [-0.25, -0.2) is 12.8 Å². The molecule has 4 rings (SSSR count). The molecule has 0 spiro atoms. The summed E-state index contributed by atoms with van der Waals surface area (Å²) in [6, 6.07) is 27.5. The second kappa shape index (κ2) is 14.8. The van der Waals surface area contributed by atoms with Gasteiger partial charge in [0.1, 0.15) is 18.4 Å². The molecule has 44 heavy (non-hydrogen) atoms. The van der Waals surface area contributed by atoms with E-state index in [1.54, 1.807) is 55.5 Å². The summed E-state index contributed by atoms with van der Waals surface area (Å²) < 4.78 is 43.1. The average molecular weight is 616 g/mol. The molecule has 0 aliphatic heterocycles. The smallest absolute Gasteiger partial charge is 0.264 e. The summed E-state index contributed by atoms with van der Waals surface area (Å²) in [6.07, 6.45) is 0.907. The van der Waals surface area contributed by atoms with Crippen molar-refractivity contribution in [2.75, 3.05) is 17.4 Å². The van der Waals surface area contributed by atoms with E-state index in [1.807, 2.05) is 44.2 Å². The molecule has 0 fully saturated rings. The third-order valence-corrected chi connectivity index (χ3v) is 9.13. The van der Waals surface area contributed by atoms with Gasteiger partial charge in [-0.2, -0.15) is 0 Å². The Kier molecular flexibility index (Phi) is 10.9. The molecule has 0 bridgehead atoms. The zero-order chi connectivity index (χ0) is 31.7. The molecular formula is C35H38FN3O4S. The van der Waals surface area contributed by atoms with Crippen LogP contribution in [0.3, 0.4) is 0 Å². The number of nitrogens with zero attached hydrogens (tertiary/aromatic N) is 2. The van der Waals surface area contributed by atoms with Gasteiger partial charge < -0.3 is 10.2 Å². The van der Waals surface area contributed by atoms with E-state index in [4.69, 9.17) is 0 Å². The standard InChI is InChI=1S/C35H38FN3O4S/c1-4-22-37-35(41)33(23-28-11-6-5-7-12-28)38(24-29-16-18-30(36)19-17-29)34(40)25-39(32-13-9-8-10-27(32)3)44(42,43)31-20-14-26(2)15-21-31/h5-21,33H,4,22-25H2,1-3H3,(H,37,41)/t33-/m0/s1. The van der Waals surface area contributed by atoms with E-state index >= 15 is 0 Å². The number of benzene rings is 4. The highest BCUT2D eigenvalue weighted by Gasteiger charge is 2.35. The fraction of sp³-hybridized carbons (Fsp3) is 0.257. The van der Waals surface area contributed by atoms with Crippen molar-refractivity contribution in [1.82, 2.24) is 10.2 Å². The maximum Gasteiger partial charge on any atom is 0.264 e. The molecule has 0 aliphatic rings. The first kappa shape index (κ1) is 32.4. The lowest BCUT2D eigenvalue weighted by Gasteiger charge is -2.34. The van der Waals surface area contributed by atoms with Crippen LogP contribution in [0.1, 0.15) is 35.6 Å². The minimum Gasteiger partial charge on any atom is -0.354 e. The number of carbonyl (C=O) groups is 2. The Morgan fingerprint density at radius 1 is 0.818 bits per heavy atom. The van der Waals surface area contributed by atoms with Gasteiger partial charge in [0.25, 0.3) is 10.0 Å². The summed E-state index contributed by atoms with van der Waals surface area (Å²) in [7, 11) is -4.18.